The number of halogens is 6. The SMILES string of the molecule is CC1C=C(C(F)(F)F)C=C(C(F)(F)F)C1C. The second kappa shape index (κ2) is 3.82. The molecule has 0 saturated heterocycles. The molecule has 0 bridgehead atoms. The summed E-state index contributed by atoms with van der Waals surface area (Å²) in [6, 6.07) is 0. The van der Waals surface area contributed by atoms with Crippen LogP contribution in [0.3, 0.4) is 0 Å². The first-order valence-electron chi connectivity index (χ1n) is 4.61. The van der Waals surface area contributed by atoms with E-state index in [1.54, 1.807) is 0 Å². The molecule has 92 valence electrons. The quantitative estimate of drug-likeness (QED) is 0.559. The van der Waals surface area contributed by atoms with E-state index in [4.69, 9.17) is 0 Å². The third kappa shape index (κ3) is 2.59. The molecule has 2 atom stereocenters. The summed E-state index contributed by atoms with van der Waals surface area (Å²) >= 11 is 0. The molecule has 0 radical (unpaired) electrons. The Morgan fingerprint density at radius 2 is 1.44 bits per heavy atom. The first kappa shape index (κ1) is 13.1. The predicted octanol–water partition coefficient (Wildman–Crippen LogP) is 4.25. The Morgan fingerprint density at radius 3 is 1.81 bits per heavy atom. The molecule has 1 aliphatic carbocycles. The van der Waals surface area contributed by atoms with Gasteiger partial charge in [0.05, 0.1) is 5.57 Å². The van der Waals surface area contributed by atoms with Crippen molar-refractivity contribution in [3.63, 3.8) is 0 Å². The van der Waals surface area contributed by atoms with Crippen molar-refractivity contribution in [2.45, 2.75) is 26.2 Å². The van der Waals surface area contributed by atoms with Crippen LogP contribution in [0.25, 0.3) is 0 Å². The number of hydrogen-bond donors (Lipinski definition) is 0. The fraction of sp³-hybridized carbons (Fsp3) is 0.600. The predicted molar refractivity (Wildman–Crippen MR) is 46.6 cm³/mol. The third-order valence-electron chi connectivity index (χ3n) is 2.69. The molecule has 1 rings (SSSR count). The van der Waals surface area contributed by atoms with Crippen molar-refractivity contribution in [2.75, 3.05) is 0 Å². The minimum Gasteiger partial charge on any atom is -0.166 e. The van der Waals surface area contributed by atoms with Gasteiger partial charge in [-0.25, -0.2) is 0 Å². The molecular weight excluding hydrogens is 234 g/mol. The van der Waals surface area contributed by atoms with E-state index in [-0.39, 0.29) is 6.08 Å². The highest BCUT2D eigenvalue weighted by molar-refractivity contribution is 5.36. The van der Waals surface area contributed by atoms with Crippen molar-refractivity contribution < 1.29 is 26.3 Å². The molecule has 0 aromatic rings. The van der Waals surface area contributed by atoms with Gasteiger partial charge < -0.3 is 0 Å². The molecule has 2 unspecified atom stereocenters. The van der Waals surface area contributed by atoms with Gasteiger partial charge in [0.15, 0.2) is 0 Å². The highest BCUT2D eigenvalue weighted by atomic mass is 19.4. The molecule has 0 fully saturated rings. The third-order valence-corrected chi connectivity index (χ3v) is 2.69. The fourth-order valence-corrected chi connectivity index (χ4v) is 1.57. The summed E-state index contributed by atoms with van der Waals surface area (Å²) in [5.41, 5.74) is -2.33. The summed E-state index contributed by atoms with van der Waals surface area (Å²) in [7, 11) is 0. The minimum atomic E-state index is -4.73. The van der Waals surface area contributed by atoms with E-state index >= 15 is 0 Å². The molecule has 0 aromatic carbocycles. The molecule has 6 heteroatoms. The largest absolute Gasteiger partial charge is 0.416 e. The Balaban J connectivity index is 3.18. The maximum absolute atomic E-state index is 12.5. The van der Waals surface area contributed by atoms with Crippen LogP contribution in [0.1, 0.15) is 13.8 Å². The summed E-state index contributed by atoms with van der Waals surface area (Å²) in [6.45, 7) is 2.61. The zero-order valence-corrected chi connectivity index (χ0v) is 8.58. The number of alkyl halides is 6. The molecule has 0 heterocycles. The highest BCUT2D eigenvalue weighted by Gasteiger charge is 2.44. The van der Waals surface area contributed by atoms with Crippen molar-refractivity contribution in [2.24, 2.45) is 11.8 Å². The van der Waals surface area contributed by atoms with Crippen molar-refractivity contribution in [3.05, 3.63) is 23.3 Å². The van der Waals surface area contributed by atoms with Crippen LogP contribution in [0.5, 0.6) is 0 Å². The van der Waals surface area contributed by atoms with Gasteiger partial charge in [-0.1, -0.05) is 19.9 Å². The molecule has 0 saturated carbocycles. The van der Waals surface area contributed by atoms with Crippen LogP contribution in [0.2, 0.25) is 0 Å². The Kier molecular flexibility index (Phi) is 3.13. The van der Waals surface area contributed by atoms with Crippen LogP contribution < -0.4 is 0 Å². The monoisotopic (exact) mass is 244 g/mol. The van der Waals surface area contributed by atoms with Crippen LogP contribution in [0.15, 0.2) is 23.3 Å². The average Bonchev–Trinajstić information content (AvgIpc) is 2.05. The Bertz CT molecular complexity index is 330. The average molecular weight is 244 g/mol. The second-order valence-corrected chi connectivity index (χ2v) is 3.86. The lowest BCUT2D eigenvalue weighted by Gasteiger charge is -2.28. The van der Waals surface area contributed by atoms with Crippen molar-refractivity contribution in [1.82, 2.24) is 0 Å². The minimum absolute atomic E-state index is 0.199. The lowest BCUT2D eigenvalue weighted by molar-refractivity contribution is -0.104. The standard InChI is InChI=1S/C10H10F6/c1-5-3-7(9(11,12)13)4-8(6(5)2)10(14,15)16/h3-6H,1-2H3. The van der Waals surface area contributed by atoms with Gasteiger partial charge in [0.2, 0.25) is 0 Å². The van der Waals surface area contributed by atoms with Crippen LogP contribution in [0.4, 0.5) is 26.3 Å². The topological polar surface area (TPSA) is 0 Å². The summed E-state index contributed by atoms with van der Waals surface area (Å²) in [5, 5.41) is 0. The fourth-order valence-electron chi connectivity index (χ4n) is 1.57. The first-order valence-corrected chi connectivity index (χ1v) is 4.61. The van der Waals surface area contributed by atoms with Crippen molar-refractivity contribution in [1.29, 1.82) is 0 Å². The van der Waals surface area contributed by atoms with Gasteiger partial charge in [-0.3, -0.25) is 0 Å². The number of hydrogen-bond acceptors (Lipinski definition) is 0. The van der Waals surface area contributed by atoms with Crippen molar-refractivity contribution in [3.8, 4) is 0 Å². The van der Waals surface area contributed by atoms with Gasteiger partial charge in [-0.05, 0) is 17.9 Å². The van der Waals surface area contributed by atoms with Crippen LogP contribution in [0, 0.1) is 11.8 Å². The summed E-state index contributed by atoms with van der Waals surface area (Å²) < 4.78 is 74.4. The number of rotatable bonds is 0. The lowest BCUT2D eigenvalue weighted by atomic mass is 9.81. The van der Waals surface area contributed by atoms with Gasteiger partial charge in [0.1, 0.15) is 0 Å². The van der Waals surface area contributed by atoms with E-state index in [9.17, 15) is 26.3 Å². The van der Waals surface area contributed by atoms with E-state index in [2.05, 4.69) is 0 Å². The Labute approximate surface area is 88.6 Å². The lowest BCUT2D eigenvalue weighted by Crippen LogP contribution is -2.27. The summed E-state index contributed by atoms with van der Waals surface area (Å²) in [6.07, 6.45) is -8.41. The molecule has 16 heavy (non-hydrogen) atoms. The molecule has 0 aliphatic heterocycles. The van der Waals surface area contributed by atoms with E-state index in [1.807, 2.05) is 0 Å². The molecule has 0 nitrogen and oxygen atoms in total. The molecule has 0 N–H and O–H groups in total. The number of allylic oxidation sites excluding steroid dienone is 4. The van der Waals surface area contributed by atoms with Gasteiger partial charge >= 0.3 is 12.4 Å². The zero-order chi connectivity index (χ0) is 12.7. The molecule has 0 amide bonds. The summed E-state index contributed by atoms with van der Waals surface area (Å²) in [5.74, 6) is -1.73. The maximum atomic E-state index is 12.5. The van der Waals surface area contributed by atoms with E-state index < -0.39 is 35.3 Å². The Hall–Kier alpha value is -0.940. The van der Waals surface area contributed by atoms with E-state index in [0.717, 1.165) is 6.08 Å². The Morgan fingerprint density at radius 1 is 0.938 bits per heavy atom. The molecule has 1 aliphatic rings. The molecule has 0 spiro atoms. The van der Waals surface area contributed by atoms with E-state index in [0.29, 0.717) is 0 Å². The summed E-state index contributed by atoms with van der Waals surface area (Å²) in [4.78, 5) is 0. The van der Waals surface area contributed by atoms with Crippen LogP contribution in [-0.4, -0.2) is 12.4 Å². The first-order chi connectivity index (χ1) is 7.03. The van der Waals surface area contributed by atoms with Crippen LogP contribution >= 0.6 is 0 Å². The highest BCUT2D eigenvalue weighted by Crippen LogP contribution is 2.42. The van der Waals surface area contributed by atoms with Crippen molar-refractivity contribution >= 4 is 0 Å². The smallest absolute Gasteiger partial charge is 0.166 e. The van der Waals surface area contributed by atoms with Crippen LogP contribution in [-0.2, 0) is 0 Å². The zero-order valence-electron chi connectivity index (χ0n) is 8.58. The van der Waals surface area contributed by atoms with Gasteiger partial charge in [-0.2, -0.15) is 26.3 Å². The van der Waals surface area contributed by atoms with Gasteiger partial charge in [0.25, 0.3) is 0 Å². The molecular formula is C10H10F6. The normalized spacial score (nSPS) is 27.5. The maximum Gasteiger partial charge on any atom is 0.416 e. The van der Waals surface area contributed by atoms with Gasteiger partial charge in [0, 0.05) is 5.57 Å². The second-order valence-electron chi connectivity index (χ2n) is 3.86. The van der Waals surface area contributed by atoms with E-state index in [1.165, 1.54) is 13.8 Å². The molecule has 0 aromatic heterocycles. The van der Waals surface area contributed by atoms with Gasteiger partial charge in [-0.15, -0.1) is 0 Å².